The van der Waals surface area contributed by atoms with Gasteiger partial charge in [-0.2, -0.15) is 5.10 Å². The van der Waals surface area contributed by atoms with Gasteiger partial charge in [-0.3, -0.25) is 9.89 Å². The van der Waals surface area contributed by atoms with Gasteiger partial charge in [0.05, 0.1) is 10.7 Å². The Hall–Kier alpha value is -2.61. The molecule has 8 heteroatoms. The number of aryl methyl sites for hydroxylation is 1. The highest BCUT2D eigenvalue weighted by Crippen LogP contribution is 2.38. The van der Waals surface area contributed by atoms with Crippen LogP contribution in [-0.2, 0) is 6.42 Å². The third-order valence-corrected chi connectivity index (χ3v) is 7.08. The Kier molecular flexibility index (Phi) is 5.10. The first kappa shape index (κ1) is 19.4. The Labute approximate surface area is 178 Å². The van der Waals surface area contributed by atoms with Crippen molar-refractivity contribution in [3.05, 3.63) is 62.9 Å². The average molecular weight is 426 g/mol. The lowest BCUT2D eigenvalue weighted by Gasteiger charge is -2.30. The quantitative estimate of drug-likeness (QED) is 0.665. The number of piperidine rings is 1. The third-order valence-electron chi connectivity index (χ3n) is 5.94. The van der Waals surface area contributed by atoms with Crippen molar-refractivity contribution in [1.82, 2.24) is 25.1 Å². The number of halogens is 1. The molecule has 3 aromatic rings. The van der Waals surface area contributed by atoms with Gasteiger partial charge in [0.25, 0.3) is 5.91 Å². The molecule has 2 aliphatic rings. The minimum Gasteiger partial charge on any atom is -0.338 e. The highest BCUT2D eigenvalue weighted by molar-refractivity contribution is 7.13. The minimum atomic E-state index is -0.248. The van der Waals surface area contributed by atoms with Gasteiger partial charge in [0.2, 0.25) is 0 Å². The first-order chi connectivity index (χ1) is 14.6. The molecule has 2 fully saturated rings. The summed E-state index contributed by atoms with van der Waals surface area (Å²) in [7, 11) is 0. The van der Waals surface area contributed by atoms with Crippen molar-refractivity contribution in [2.45, 2.75) is 50.9 Å². The van der Waals surface area contributed by atoms with E-state index in [0.717, 1.165) is 40.8 Å². The van der Waals surface area contributed by atoms with Crippen LogP contribution in [0.25, 0.3) is 0 Å². The Morgan fingerprint density at radius 1 is 1.13 bits per heavy atom. The van der Waals surface area contributed by atoms with E-state index in [1.807, 2.05) is 11.8 Å². The second-order valence-electron chi connectivity index (χ2n) is 8.24. The van der Waals surface area contributed by atoms with Crippen molar-refractivity contribution in [2.24, 2.45) is 0 Å². The molecule has 0 radical (unpaired) electrons. The molecular weight excluding hydrogens is 401 g/mol. The molecule has 3 heterocycles. The Bertz CT molecular complexity index is 1050. The van der Waals surface area contributed by atoms with Crippen LogP contribution in [-0.4, -0.2) is 44.1 Å². The molecule has 0 atom stereocenters. The predicted octanol–water partition coefficient (Wildman–Crippen LogP) is 4.20. The van der Waals surface area contributed by atoms with E-state index in [1.165, 1.54) is 36.3 Å². The molecule has 1 amide bonds. The standard InChI is InChI=1S/C22H24FN5OS/c1-13-19(30-18(24-13)12-14-2-6-17(23)7-3-14)22(29)28-10-8-16(9-11-28)21-25-20(26-27-21)15-4-5-15/h2-3,6-7,15-16H,4-5,8-12H2,1H3,(H,25,26,27). The summed E-state index contributed by atoms with van der Waals surface area (Å²) >= 11 is 1.45. The molecule has 0 bridgehead atoms. The zero-order chi connectivity index (χ0) is 20.7. The number of amides is 1. The van der Waals surface area contributed by atoms with Crippen LogP contribution in [0.1, 0.15) is 75.1 Å². The molecular formula is C22H24FN5OS. The van der Waals surface area contributed by atoms with Crippen LogP contribution in [0.2, 0.25) is 0 Å². The lowest BCUT2D eigenvalue weighted by Crippen LogP contribution is -2.38. The molecule has 1 aromatic carbocycles. The summed E-state index contributed by atoms with van der Waals surface area (Å²) in [4.78, 5) is 25.0. The molecule has 2 aromatic heterocycles. The van der Waals surface area contributed by atoms with Gasteiger partial charge in [-0.1, -0.05) is 12.1 Å². The normalized spacial score (nSPS) is 17.5. The summed E-state index contributed by atoms with van der Waals surface area (Å²) in [5.41, 5.74) is 1.76. The number of nitrogens with zero attached hydrogens (tertiary/aromatic N) is 4. The maximum absolute atomic E-state index is 13.1. The highest BCUT2D eigenvalue weighted by atomic mass is 32.1. The van der Waals surface area contributed by atoms with E-state index < -0.39 is 0 Å². The van der Waals surface area contributed by atoms with Crippen LogP contribution in [0, 0.1) is 12.7 Å². The SMILES string of the molecule is Cc1nc(Cc2ccc(F)cc2)sc1C(=O)N1CCC(c2nc(C3CC3)n[nH]2)CC1. The summed E-state index contributed by atoms with van der Waals surface area (Å²) in [6.45, 7) is 3.32. The number of carbonyl (C=O) groups is 1. The van der Waals surface area contributed by atoms with Crippen molar-refractivity contribution in [3.8, 4) is 0 Å². The van der Waals surface area contributed by atoms with Crippen LogP contribution < -0.4 is 0 Å². The maximum Gasteiger partial charge on any atom is 0.265 e. The minimum absolute atomic E-state index is 0.0602. The molecule has 5 rings (SSSR count). The molecule has 1 saturated carbocycles. The number of rotatable bonds is 5. The molecule has 1 aliphatic carbocycles. The number of H-pyrrole nitrogens is 1. The molecule has 0 unspecified atom stereocenters. The highest BCUT2D eigenvalue weighted by Gasteiger charge is 2.31. The average Bonchev–Trinajstić information content (AvgIpc) is 3.37. The zero-order valence-corrected chi connectivity index (χ0v) is 17.7. The fourth-order valence-electron chi connectivity index (χ4n) is 4.00. The molecule has 156 valence electrons. The number of aromatic amines is 1. The van der Waals surface area contributed by atoms with Gasteiger partial charge < -0.3 is 4.90 Å². The molecule has 1 aliphatic heterocycles. The van der Waals surface area contributed by atoms with Gasteiger partial charge in [0, 0.05) is 31.3 Å². The Morgan fingerprint density at radius 2 is 1.87 bits per heavy atom. The van der Waals surface area contributed by atoms with Gasteiger partial charge in [-0.05, 0) is 50.3 Å². The first-order valence-corrected chi connectivity index (χ1v) is 11.3. The number of carbonyl (C=O) groups excluding carboxylic acids is 1. The smallest absolute Gasteiger partial charge is 0.265 e. The van der Waals surface area contributed by atoms with Crippen molar-refractivity contribution in [3.63, 3.8) is 0 Å². The number of likely N-dealkylation sites (tertiary alicyclic amines) is 1. The fraction of sp³-hybridized carbons (Fsp3) is 0.455. The van der Waals surface area contributed by atoms with Gasteiger partial charge in [-0.15, -0.1) is 11.3 Å². The van der Waals surface area contributed by atoms with Gasteiger partial charge in [0.15, 0.2) is 5.82 Å². The topological polar surface area (TPSA) is 74.8 Å². The second kappa shape index (κ2) is 7.91. The number of hydrogen-bond donors (Lipinski definition) is 1. The molecule has 30 heavy (non-hydrogen) atoms. The van der Waals surface area contributed by atoms with Gasteiger partial charge in [0.1, 0.15) is 16.5 Å². The molecule has 1 saturated heterocycles. The lowest BCUT2D eigenvalue weighted by atomic mass is 9.96. The zero-order valence-electron chi connectivity index (χ0n) is 16.9. The van der Waals surface area contributed by atoms with Crippen molar-refractivity contribution in [2.75, 3.05) is 13.1 Å². The third kappa shape index (κ3) is 4.01. The number of thiazole rings is 1. The monoisotopic (exact) mass is 425 g/mol. The van der Waals surface area contributed by atoms with Crippen molar-refractivity contribution in [1.29, 1.82) is 0 Å². The summed E-state index contributed by atoms with van der Waals surface area (Å²) in [5.74, 6) is 2.63. The summed E-state index contributed by atoms with van der Waals surface area (Å²) < 4.78 is 13.1. The summed E-state index contributed by atoms with van der Waals surface area (Å²) in [5, 5.41) is 8.36. The van der Waals surface area contributed by atoms with E-state index in [2.05, 4.69) is 20.2 Å². The van der Waals surface area contributed by atoms with E-state index in [1.54, 1.807) is 12.1 Å². The Morgan fingerprint density at radius 3 is 2.57 bits per heavy atom. The molecule has 0 spiro atoms. The van der Waals surface area contributed by atoms with Gasteiger partial charge in [-0.25, -0.2) is 14.4 Å². The summed E-state index contributed by atoms with van der Waals surface area (Å²) in [6.07, 6.45) is 4.79. The van der Waals surface area contributed by atoms with E-state index >= 15 is 0 Å². The van der Waals surface area contributed by atoms with E-state index in [0.29, 0.717) is 36.2 Å². The van der Waals surface area contributed by atoms with Crippen molar-refractivity contribution >= 4 is 17.2 Å². The number of benzene rings is 1. The van der Waals surface area contributed by atoms with Crippen LogP contribution in [0.5, 0.6) is 0 Å². The first-order valence-electron chi connectivity index (χ1n) is 10.5. The fourth-order valence-corrected chi connectivity index (χ4v) is 5.06. The second-order valence-corrected chi connectivity index (χ2v) is 9.33. The molecule has 1 N–H and O–H groups in total. The van der Waals surface area contributed by atoms with Crippen molar-refractivity contribution < 1.29 is 9.18 Å². The number of hydrogen-bond acceptors (Lipinski definition) is 5. The van der Waals surface area contributed by atoms with Crippen LogP contribution in [0.15, 0.2) is 24.3 Å². The largest absolute Gasteiger partial charge is 0.338 e. The number of aromatic nitrogens is 4. The van der Waals surface area contributed by atoms with E-state index in [9.17, 15) is 9.18 Å². The van der Waals surface area contributed by atoms with E-state index in [4.69, 9.17) is 0 Å². The van der Waals surface area contributed by atoms with Crippen LogP contribution in [0.3, 0.4) is 0 Å². The predicted molar refractivity (Wildman–Crippen MR) is 112 cm³/mol. The maximum atomic E-state index is 13.1. The lowest BCUT2D eigenvalue weighted by molar-refractivity contribution is 0.0715. The summed E-state index contributed by atoms with van der Waals surface area (Å²) in [6, 6.07) is 6.43. The van der Waals surface area contributed by atoms with Gasteiger partial charge >= 0.3 is 0 Å². The van der Waals surface area contributed by atoms with E-state index in [-0.39, 0.29) is 11.7 Å². The number of nitrogens with one attached hydrogen (secondary N) is 1. The van der Waals surface area contributed by atoms with Crippen LogP contribution >= 0.6 is 11.3 Å². The van der Waals surface area contributed by atoms with Crippen LogP contribution in [0.4, 0.5) is 4.39 Å². The molecule has 6 nitrogen and oxygen atoms in total. The Balaban J connectivity index is 1.22.